The molecular formula is C140H88O3. The fourth-order valence-electron chi connectivity index (χ4n) is 22.7. The van der Waals surface area contributed by atoms with Crippen molar-refractivity contribution >= 4 is 152 Å². The van der Waals surface area contributed by atoms with Gasteiger partial charge in [0.15, 0.2) is 0 Å². The Hall–Kier alpha value is -18.8. The first-order valence-corrected chi connectivity index (χ1v) is 49.1. The van der Waals surface area contributed by atoms with Gasteiger partial charge >= 0.3 is 0 Å². The molecule has 0 N–H and O–H groups in total. The molecule has 666 valence electrons. The topological polar surface area (TPSA) is 39.4 Å². The predicted octanol–water partition coefficient (Wildman–Crippen LogP) is 40.0. The van der Waals surface area contributed by atoms with E-state index in [1.807, 2.05) is 0 Å². The summed E-state index contributed by atoms with van der Waals surface area (Å²) in [5.74, 6) is 0. The Balaban J connectivity index is 0.000000108. The quantitative estimate of drug-likeness (QED) is 0.114. The van der Waals surface area contributed by atoms with Crippen LogP contribution in [0.2, 0.25) is 0 Å². The Kier molecular flexibility index (Phi) is 20.6. The molecule has 3 aromatic heterocycles. The van der Waals surface area contributed by atoms with E-state index in [0.717, 1.165) is 93.6 Å². The maximum atomic E-state index is 6.81. The molecule has 0 aliphatic carbocycles. The average molecular weight is 1820 g/mol. The van der Waals surface area contributed by atoms with Crippen molar-refractivity contribution in [3.05, 3.63) is 534 Å². The van der Waals surface area contributed by atoms with Crippen LogP contribution >= 0.6 is 0 Å². The number of hydrogen-bond acceptors (Lipinski definition) is 3. The van der Waals surface area contributed by atoms with Crippen molar-refractivity contribution in [3.8, 4) is 134 Å². The lowest BCUT2D eigenvalue weighted by atomic mass is 9.85. The molecule has 29 rings (SSSR count). The van der Waals surface area contributed by atoms with E-state index < -0.39 is 0 Å². The summed E-state index contributed by atoms with van der Waals surface area (Å²) < 4.78 is 19.9. The summed E-state index contributed by atoms with van der Waals surface area (Å²) in [6.07, 6.45) is 0. The highest BCUT2D eigenvalue weighted by Crippen LogP contribution is 2.53. The highest BCUT2D eigenvalue weighted by Gasteiger charge is 2.27. The van der Waals surface area contributed by atoms with Crippen LogP contribution in [-0.2, 0) is 0 Å². The van der Waals surface area contributed by atoms with Crippen LogP contribution < -0.4 is 0 Å². The number of hydrogen-bond donors (Lipinski definition) is 0. The van der Waals surface area contributed by atoms with E-state index in [2.05, 4.69) is 534 Å². The molecule has 0 spiro atoms. The largest absolute Gasteiger partial charge is 0.456 e. The average Bonchev–Trinajstić information content (AvgIpc) is 1.56. The van der Waals surface area contributed by atoms with Crippen LogP contribution in [0.4, 0.5) is 0 Å². The Labute approximate surface area is 826 Å². The summed E-state index contributed by atoms with van der Waals surface area (Å²) in [4.78, 5) is 0. The van der Waals surface area contributed by atoms with Crippen LogP contribution in [0.5, 0.6) is 0 Å². The lowest BCUT2D eigenvalue weighted by Crippen LogP contribution is -1.91. The van der Waals surface area contributed by atoms with E-state index >= 15 is 0 Å². The van der Waals surface area contributed by atoms with Crippen LogP contribution in [0, 0.1) is 0 Å². The standard InChI is InChI=1S/C54H34O.C44H28O.C42H26O/c1-3-14-36(15-4-1)43-31-32-48-49-34-40(30-33-50(49)55-54(48)53(43)38-17-5-2-6-18-38)52-46-23-11-9-21-44(46)51(45-22-10-12-24-47(45)52)39-28-26-37(27-29-39)42-25-13-19-35-16-7-8-20-41(35)42;1-4-14-29(15-5-1)33-25-26-34(30-16-6-2-7-17-30)44-43(33)39-28-32(24-27-40(39)45-44)42-37-22-12-10-20-35(37)41(31-18-8-3-9-19-31)36-21-11-13-23-38(36)42;1-2-11-28(12-3-1)41-33-14-6-8-16-35(33)42(36-17-9-7-15-34(36)41)32-21-23-40-38(26-32)37-25-31(20-22-39(37)43-40)30-19-18-27-10-4-5-13-29(27)24-30/h1-34H;1-28H;1-26H. The van der Waals surface area contributed by atoms with Gasteiger partial charge in [0.05, 0.1) is 0 Å². The molecule has 0 aliphatic heterocycles. The van der Waals surface area contributed by atoms with Gasteiger partial charge in [-0.2, -0.15) is 0 Å². The Morgan fingerprint density at radius 1 is 0.105 bits per heavy atom. The summed E-state index contributed by atoms with van der Waals surface area (Å²) in [6, 6.07) is 192. The van der Waals surface area contributed by atoms with E-state index in [1.54, 1.807) is 0 Å². The summed E-state index contributed by atoms with van der Waals surface area (Å²) in [5.41, 5.74) is 34.3. The summed E-state index contributed by atoms with van der Waals surface area (Å²) >= 11 is 0. The molecule has 0 bridgehead atoms. The van der Waals surface area contributed by atoms with Crippen molar-refractivity contribution in [2.45, 2.75) is 0 Å². The monoisotopic (exact) mass is 1820 g/mol. The summed E-state index contributed by atoms with van der Waals surface area (Å²) in [7, 11) is 0. The molecule has 3 nitrogen and oxygen atoms in total. The van der Waals surface area contributed by atoms with Crippen LogP contribution in [0.15, 0.2) is 547 Å². The van der Waals surface area contributed by atoms with Gasteiger partial charge in [-0.15, -0.1) is 0 Å². The van der Waals surface area contributed by atoms with Crippen LogP contribution in [0.3, 0.4) is 0 Å². The molecule has 0 amide bonds. The minimum Gasteiger partial charge on any atom is -0.456 e. The number of fused-ring (bicyclic) bond motifs is 17. The smallest absolute Gasteiger partial charge is 0.143 e. The molecule has 0 aliphatic rings. The highest BCUT2D eigenvalue weighted by atomic mass is 16.3. The van der Waals surface area contributed by atoms with Gasteiger partial charge in [-0.25, -0.2) is 0 Å². The first-order chi connectivity index (χ1) is 71.0. The number of furan rings is 3. The lowest BCUT2D eigenvalue weighted by Gasteiger charge is -2.18. The van der Waals surface area contributed by atoms with Crippen LogP contribution in [0.1, 0.15) is 0 Å². The zero-order chi connectivity index (χ0) is 94.4. The highest BCUT2D eigenvalue weighted by molar-refractivity contribution is 6.27. The van der Waals surface area contributed by atoms with E-state index in [1.165, 1.54) is 192 Å². The van der Waals surface area contributed by atoms with Gasteiger partial charge in [-0.05, 0) is 275 Å². The number of benzene rings is 26. The Bertz CT molecular complexity index is 9880. The summed E-state index contributed by atoms with van der Waals surface area (Å²) in [5, 5.41) is 26.8. The van der Waals surface area contributed by atoms with Gasteiger partial charge in [0.2, 0.25) is 0 Å². The molecule has 0 atom stereocenters. The second-order valence-electron chi connectivity index (χ2n) is 37.3. The van der Waals surface area contributed by atoms with Crippen molar-refractivity contribution < 1.29 is 13.3 Å². The van der Waals surface area contributed by atoms with Crippen molar-refractivity contribution in [1.29, 1.82) is 0 Å². The Morgan fingerprint density at radius 3 is 0.818 bits per heavy atom. The molecule has 143 heavy (non-hydrogen) atoms. The van der Waals surface area contributed by atoms with Crippen LogP contribution in [-0.4, -0.2) is 0 Å². The number of rotatable bonds is 12. The van der Waals surface area contributed by atoms with Gasteiger partial charge in [-0.3, -0.25) is 0 Å². The SMILES string of the molecule is c1ccc(-c2c3ccccc3c(-c3ccc4oc5c(-c6ccccc6)ccc(-c6ccccc6)c5c4c3)c3ccccc23)cc1.c1ccc(-c2c3ccccc3c(-c3ccc4oc5ccc(-c6ccc7ccccc7c6)cc5c4c3)c3ccccc23)cc1.c1ccc(-c2ccc3c(oc4ccc(-c5c6ccccc6c(-c6ccc(-c7cccc8ccccc78)cc6)c6ccccc56)cc43)c2-c2ccccc2)cc1. The van der Waals surface area contributed by atoms with Crippen molar-refractivity contribution in [1.82, 2.24) is 0 Å². The van der Waals surface area contributed by atoms with E-state index in [0.29, 0.717) is 0 Å². The van der Waals surface area contributed by atoms with Crippen molar-refractivity contribution in [3.63, 3.8) is 0 Å². The third-order valence-electron chi connectivity index (χ3n) is 29.2. The van der Waals surface area contributed by atoms with Gasteiger partial charge in [0.1, 0.15) is 33.5 Å². The fourth-order valence-corrected chi connectivity index (χ4v) is 22.7. The predicted molar refractivity (Wildman–Crippen MR) is 606 cm³/mol. The van der Waals surface area contributed by atoms with Gasteiger partial charge in [-0.1, -0.05) is 467 Å². The van der Waals surface area contributed by atoms with Crippen molar-refractivity contribution in [2.75, 3.05) is 0 Å². The first-order valence-electron chi connectivity index (χ1n) is 49.1. The fraction of sp³-hybridized carbons (Fsp3) is 0. The van der Waals surface area contributed by atoms with E-state index in [-0.39, 0.29) is 0 Å². The second kappa shape index (κ2) is 35.3. The molecule has 0 unspecified atom stereocenters. The molecule has 0 radical (unpaired) electrons. The molecule has 0 fully saturated rings. The maximum absolute atomic E-state index is 6.81. The zero-order valence-electron chi connectivity index (χ0n) is 78.0. The van der Waals surface area contributed by atoms with Gasteiger partial charge < -0.3 is 13.3 Å². The minimum atomic E-state index is 0.887. The summed E-state index contributed by atoms with van der Waals surface area (Å²) in [6.45, 7) is 0. The first kappa shape index (κ1) is 83.6. The van der Waals surface area contributed by atoms with Crippen molar-refractivity contribution in [2.24, 2.45) is 0 Å². The third kappa shape index (κ3) is 14.6. The molecule has 0 saturated heterocycles. The maximum Gasteiger partial charge on any atom is 0.143 e. The van der Waals surface area contributed by atoms with Gasteiger partial charge in [0.25, 0.3) is 0 Å². The molecule has 26 aromatic carbocycles. The molecule has 3 heterocycles. The molecular weight excluding hydrogens is 1730 g/mol. The zero-order valence-corrected chi connectivity index (χ0v) is 78.0. The Morgan fingerprint density at radius 2 is 0.371 bits per heavy atom. The van der Waals surface area contributed by atoms with Crippen LogP contribution in [0.25, 0.3) is 286 Å². The molecule has 0 saturated carbocycles. The second-order valence-corrected chi connectivity index (χ2v) is 37.3. The van der Waals surface area contributed by atoms with E-state index in [4.69, 9.17) is 13.3 Å². The molecule has 29 aromatic rings. The third-order valence-corrected chi connectivity index (χ3v) is 29.2. The van der Waals surface area contributed by atoms with E-state index in [9.17, 15) is 0 Å². The normalized spacial score (nSPS) is 11.6. The lowest BCUT2D eigenvalue weighted by molar-refractivity contribution is 0.669. The molecule has 3 heteroatoms. The van der Waals surface area contributed by atoms with Gasteiger partial charge in [0, 0.05) is 43.4 Å². The minimum absolute atomic E-state index is 0.887.